The Bertz CT molecular complexity index is 389. The van der Waals surface area contributed by atoms with Crippen molar-refractivity contribution < 1.29 is 9.47 Å². The highest BCUT2D eigenvalue weighted by Crippen LogP contribution is 2.39. The van der Waals surface area contributed by atoms with E-state index < -0.39 is 11.2 Å². The quantitative estimate of drug-likeness (QED) is 0.585. The highest BCUT2D eigenvalue weighted by molar-refractivity contribution is 5.27. The average Bonchev–Trinajstić information content (AvgIpc) is 2.14. The molecule has 16 heavy (non-hydrogen) atoms. The van der Waals surface area contributed by atoms with Crippen LogP contribution in [-0.4, -0.2) is 11.2 Å². The highest BCUT2D eigenvalue weighted by Gasteiger charge is 2.43. The lowest BCUT2D eigenvalue weighted by Crippen LogP contribution is -2.44. The second-order valence-electron chi connectivity index (χ2n) is 4.50. The van der Waals surface area contributed by atoms with E-state index in [0.29, 0.717) is 11.5 Å². The number of rotatable bonds is 0. The van der Waals surface area contributed by atoms with Crippen LogP contribution in [0.4, 0.5) is 0 Å². The van der Waals surface area contributed by atoms with Gasteiger partial charge in [-0.1, -0.05) is 0 Å². The number of hydrogen-bond donors (Lipinski definition) is 0. The molecule has 0 aromatic heterocycles. The number of nitriles is 2. The van der Waals surface area contributed by atoms with Gasteiger partial charge in [0.15, 0.2) is 22.7 Å². The molecule has 0 aliphatic carbocycles. The van der Waals surface area contributed by atoms with Crippen LogP contribution in [0.5, 0.6) is 0 Å². The van der Waals surface area contributed by atoms with Gasteiger partial charge in [0.2, 0.25) is 0 Å². The summed E-state index contributed by atoms with van der Waals surface area (Å²) in [5.41, 5.74) is -1.46. The fraction of sp³-hybridized carbons (Fsp3) is 0.500. The molecule has 0 N–H and O–H groups in total. The second kappa shape index (κ2) is 3.90. The maximum Gasteiger partial charge on any atom is 0.160 e. The molecule has 0 spiro atoms. The molecular weight excluding hydrogens is 204 g/mol. The molecule has 1 rings (SSSR count). The van der Waals surface area contributed by atoms with Gasteiger partial charge < -0.3 is 9.47 Å². The van der Waals surface area contributed by atoms with Crippen LogP contribution in [0, 0.1) is 22.7 Å². The molecule has 0 atom stereocenters. The van der Waals surface area contributed by atoms with Crippen LogP contribution in [0.15, 0.2) is 23.7 Å². The van der Waals surface area contributed by atoms with Crippen molar-refractivity contribution in [2.75, 3.05) is 0 Å². The van der Waals surface area contributed by atoms with E-state index in [9.17, 15) is 0 Å². The zero-order chi connectivity index (χ0) is 12.4. The monoisotopic (exact) mass is 218 g/mol. The Morgan fingerprint density at radius 3 is 1.44 bits per heavy atom. The maximum absolute atomic E-state index is 8.66. The SMILES string of the molecule is CC1(C)O/C(=C/C#N)C(C)(C)O/C1=C\C#N. The van der Waals surface area contributed by atoms with Crippen molar-refractivity contribution in [3.05, 3.63) is 23.7 Å². The van der Waals surface area contributed by atoms with Gasteiger partial charge in [-0.25, -0.2) is 0 Å². The minimum atomic E-state index is -0.728. The molecule has 1 fully saturated rings. The third-order valence-electron chi connectivity index (χ3n) is 2.31. The minimum absolute atomic E-state index is 0.468. The summed E-state index contributed by atoms with van der Waals surface area (Å²) in [7, 11) is 0. The Balaban J connectivity index is 3.16. The summed E-state index contributed by atoms with van der Waals surface area (Å²) in [5.74, 6) is 0.935. The molecule has 0 unspecified atom stereocenters. The first-order valence-corrected chi connectivity index (χ1v) is 4.92. The molecule has 0 aromatic rings. The predicted molar refractivity (Wildman–Crippen MR) is 57.7 cm³/mol. The van der Waals surface area contributed by atoms with Crippen molar-refractivity contribution in [2.45, 2.75) is 38.9 Å². The van der Waals surface area contributed by atoms with Crippen LogP contribution in [0.2, 0.25) is 0 Å². The Morgan fingerprint density at radius 1 is 0.875 bits per heavy atom. The fourth-order valence-electron chi connectivity index (χ4n) is 1.42. The summed E-state index contributed by atoms with van der Waals surface area (Å²) in [4.78, 5) is 0. The molecule has 0 amide bonds. The van der Waals surface area contributed by atoms with E-state index in [2.05, 4.69) is 0 Å². The van der Waals surface area contributed by atoms with E-state index in [1.54, 1.807) is 27.7 Å². The third-order valence-corrected chi connectivity index (χ3v) is 2.31. The molecule has 1 saturated heterocycles. The van der Waals surface area contributed by atoms with Crippen molar-refractivity contribution in [1.29, 1.82) is 10.5 Å². The van der Waals surface area contributed by atoms with Gasteiger partial charge in [-0.2, -0.15) is 10.5 Å². The summed E-state index contributed by atoms with van der Waals surface area (Å²) in [5, 5.41) is 17.3. The summed E-state index contributed by atoms with van der Waals surface area (Å²) in [6, 6.07) is 3.85. The minimum Gasteiger partial charge on any atom is -0.479 e. The first-order chi connectivity index (χ1) is 7.33. The highest BCUT2D eigenvalue weighted by atomic mass is 16.6. The molecule has 84 valence electrons. The van der Waals surface area contributed by atoms with Crippen molar-refractivity contribution in [1.82, 2.24) is 0 Å². The van der Waals surface area contributed by atoms with Gasteiger partial charge in [0.05, 0.1) is 24.3 Å². The van der Waals surface area contributed by atoms with Crippen LogP contribution in [0.25, 0.3) is 0 Å². The smallest absolute Gasteiger partial charge is 0.160 e. The van der Waals surface area contributed by atoms with E-state index in [4.69, 9.17) is 20.0 Å². The van der Waals surface area contributed by atoms with Gasteiger partial charge in [0, 0.05) is 0 Å². The first-order valence-electron chi connectivity index (χ1n) is 4.92. The average molecular weight is 218 g/mol. The van der Waals surface area contributed by atoms with Crippen molar-refractivity contribution in [2.24, 2.45) is 0 Å². The van der Waals surface area contributed by atoms with Gasteiger partial charge >= 0.3 is 0 Å². The largest absolute Gasteiger partial charge is 0.479 e. The van der Waals surface area contributed by atoms with Gasteiger partial charge in [-0.05, 0) is 27.7 Å². The fourth-order valence-corrected chi connectivity index (χ4v) is 1.42. The van der Waals surface area contributed by atoms with E-state index in [1.165, 1.54) is 12.2 Å². The third kappa shape index (κ3) is 2.17. The van der Waals surface area contributed by atoms with Crippen LogP contribution < -0.4 is 0 Å². The molecule has 4 heteroatoms. The zero-order valence-electron chi connectivity index (χ0n) is 9.87. The van der Waals surface area contributed by atoms with Gasteiger partial charge in [-0.15, -0.1) is 0 Å². The summed E-state index contributed by atoms with van der Waals surface area (Å²) >= 11 is 0. The Hall–Kier alpha value is -1.94. The Kier molecular flexibility index (Phi) is 2.96. The molecule has 0 saturated carbocycles. The van der Waals surface area contributed by atoms with Crippen LogP contribution in [0.1, 0.15) is 27.7 Å². The van der Waals surface area contributed by atoms with Crippen LogP contribution in [-0.2, 0) is 9.47 Å². The number of hydrogen-bond acceptors (Lipinski definition) is 4. The summed E-state index contributed by atoms with van der Waals surface area (Å²) < 4.78 is 11.4. The lowest BCUT2D eigenvalue weighted by Gasteiger charge is -2.43. The molecule has 0 aromatic carbocycles. The molecular formula is C12H14N2O2. The molecule has 1 aliphatic rings. The van der Waals surface area contributed by atoms with Crippen molar-refractivity contribution in [3.8, 4) is 12.1 Å². The van der Waals surface area contributed by atoms with E-state index in [1.807, 2.05) is 12.1 Å². The van der Waals surface area contributed by atoms with E-state index in [-0.39, 0.29) is 0 Å². The van der Waals surface area contributed by atoms with Gasteiger partial charge in [-0.3, -0.25) is 0 Å². The zero-order valence-corrected chi connectivity index (χ0v) is 9.87. The molecule has 4 nitrogen and oxygen atoms in total. The normalized spacial score (nSPS) is 26.4. The van der Waals surface area contributed by atoms with E-state index in [0.717, 1.165) is 0 Å². The molecule has 1 aliphatic heterocycles. The lowest BCUT2D eigenvalue weighted by molar-refractivity contribution is -0.120. The number of ether oxygens (including phenoxy) is 2. The number of allylic oxidation sites excluding steroid dienone is 2. The van der Waals surface area contributed by atoms with Crippen LogP contribution >= 0.6 is 0 Å². The lowest BCUT2D eigenvalue weighted by atomic mass is 9.98. The predicted octanol–water partition coefficient (Wildman–Crippen LogP) is 2.41. The molecule has 1 heterocycles. The Morgan fingerprint density at radius 2 is 1.19 bits per heavy atom. The Labute approximate surface area is 95.4 Å². The summed E-state index contributed by atoms with van der Waals surface area (Å²) in [6.45, 7) is 7.15. The number of nitrogens with zero attached hydrogens (tertiary/aromatic N) is 2. The van der Waals surface area contributed by atoms with E-state index >= 15 is 0 Å². The topological polar surface area (TPSA) is 66.0 Å². The maximum atomic E-state index is 8.66. The van der Waals surface area contributed by atoms with Crippen LogP contribution in [0.3, 0.4) is 0 Å². The standard InChI is InChI=1S/C12H14N2O2/c1-11(2)9(5-7-13)16-12(3,4)10(15-11)6-8-14/h5-6H,1-4H3/b9-5-,10-6+. The van der Waals surface area contributed by atoms with Gasteiger partial charge in [0.1, 0.15) is 0 Å². The summed E-state index contributed by atoms with van der Waals surface area (Å²) in [6.07, 6.45) is 2.65. The first kappa shape index (κ1) is 12.1. The van der Waals surface area contributed by atoms with Crippen molar-refractivity contribution in [3.63, 3.8) is 0 Å². The van der Waals surface area contributed by atoms with Crippen molar-refractivity contribution >= 4 is 0 Å². The molecule has 0 bridgehead atoms. The molecule has 0 radical (unpaired) electrons. The van der Waals surface area contributed by atoms with Gasteiger partial charge in [0.25, 0.3) is 0 Å². The second-order valence-corrected chi connectivity index (χ2v) is 4.50.